The van der Waals surface area contributed by atoms with Gasteiger partial charge in [0.2, 0.25) is 0 Å². The van der Waals surface area contributed by atoms with E-state index >= 15 is 0 Å². The fraction of sp³-hybridized carbons (Fsp3) is 0.323. The highest BCUT2D eigenvalue weighted by Crippen LogP contribution is 2.60. The lowest BCUT2D eigenvalue weighted by atomic mass is 9.70. The summed E-state index contributed by atoms with van der Waals surface area (Å²) in [6.07, 6.45) is 37.3. The van der Waals surface area contributed by atoms with Crippen LogP contribution in [0.15, 0.2) is 322 Å². The molecule has 0 saturated heterocycles. The van der Waals surface area contributed by atoms with Gasteiger partial charge in [0, 0.05) is 50.4 Å². The molecule has 3 aliphatic carbocycles. The molecule has 0 N–H and O–H groups in total. The Labute approximate surface area is 756 Å². The van der Waals surface area contributed by atoms with Gasteiger partial charge in [-0.3, -0.25) is 0 Å². The second-order valence-corrected chi connectivity index (χ2v) is 37.4. The molecule has 0 fully saturated rings. The number of hydrogen-bond donors (Lipinski definition) is 0. The van der Waals surface area contributed by atoms with Crippen molar-refractivity contribution in [1.82, 2.24) is 0 Å². The maximum Gasteiger partial charge on any atom is 0.0465 e. The van der Waals surface area contributed by atoms with Gasteiger partial charge in [0.05, 0.1) is 0 Å². The number of hydrogen-bond acceptors (Lipinski definition) is 2. The Bertz CT molecular complexity index is 5870. The van der Waals surface area contributed by atoms with Gasteiger partial charge in [0.25, 0.3) is 0 Å². The van der Waals surface area contributed by atoms with Crippen molar-refractivity contribution in [3.05, 3.63) is 360 Å². The minimum Gasteiger partial charge on any atom is -0.310 e. The summed E-state index contributed by atoms with van der Waals surface area (Å²) in [7, 11) is 0. The van der Waals surface area contributed by atoms with E-state index in [9.17, 15) is 0 Å². The SMILES string of the molecule is CCCCCCC1(CCCCCC)c2cc(-c3ccc(-c4ccc(C)cc4)cc3)ccc2-c2ccc(-c3ccc(-c4ccc(N(c5ccc(-c6ccc(-c7ccc(N(c8ccccc8)c8ccc9c(c8)C(CCCCCC)(CCCCCC)c8ccccc8-9)cc7)cc6)cc5)c5ccc6c(c5)C(CCCCCC)(CCCCCC)c5ccccc5-6)cc4)cc3)cc21. The minimum absolute atomic E-state index is 0.00228. The summed E-state index contributed by atoms with van der Waals surface area (Å²) in [5.74, 6) is 0. The average Bonchev–Trinajstić information content (AvgIpc) is 1.56. The van der Waals surface area contributed by atoms with Crippen LogP contribution in [0.25, 0.3) is 100 Å². The number of anilines is 6. The van der Waals surface area contributed by atoms with E-state index in [-0.39, 0.29) is 16.2 Å². The first-order valence-corrected chi connectivity index (χ1v) is 49.2. The zero-order valence-electron chi connectivity index (χ0n) is 76.7. The minimum atomic E-state index is -0.0558. The molecule has 0 spiro atoms. The molecule has 0 heterocycles. The zero-order valence-corrected chi connectivity index (χ0v) is 76.7. The van der Waals surface area contributed by atoms with Gasteiger partial charge in [-0.1, -0.05) is 438 Å². The van der Waals surface area contributed by atoms with E-state index in [1.54, 1.807) is 5.56 Å². The molecule has 2 heteroatoms. The molecular formula is C124H134N2. The molecule has 0 atom stereocenters. The summed E-state index contributed by atoms with van der Waals surface area (Å²) in [6.45, 7) is 16.2. The highest BCUT2D eigenvalue weighted by Gasteiger charge is 2.46. The van der Waals surface area contributed by atoms with Gasteiger partial charge in [-0.15, -0.1) is 0 Å². The second kappa shape index (κ2) is 40.5. The summed E-state index contributed by atoms with van der Waals surface area (Å²) in [5, 5.41) is 0. The monoisotopic (exact) mass is 1650 g/mol. The topological polar surface area (TPSA) is 6.48 Å². The van der Waals surface area contributed by atoms with Gasteiger partial charge in [-0.2, -0.15) is 0 Å². The number of nitrogens with zero attached hydrogens (tertiary/aromatic N) is 2. The van der Waals surface area contributed by atoms with E-state index < -0.39 is 0 Å². The Hall–Kier alpha value is -11.3. The Morgan fingerprint density at radius 3 is 0.667 bits per heavy atom. The van der Waals surface area contributed by atoms with Gasteiger partial charge in [-0.05, 0) is 264 Å². The van der Waals surface area contributed by atoms with Crippen molar-refractivity contribution in [2.24, 2.45) is 0 Å². The summed E-state index contributed by atoms with van der Waals surface area (Å²) in [4.78, 5) is 5.02. The van der Waals surface area contributed by atoms with Gasteiger partial charge in [0.1, 0.15) is 0 Å². The second-order valence-electron chi connectivity index (χ2n) is 37.4. The fourth-order valence-electron chi connectivity index (χ4n) is 22.3. The predicted molar refractivity (Wildman–Crippen MR) is 544 cm³/mol. The third-order valence-electron chi connectivity index (χ3n) is 29.2. The molecule has 0 radical (unpaired) electrons. The van der Waals surface area contributed by atoms with Crippen LogP contribution in [0.1, 0.15) is 273 Å². The molecule has 0 aromatic heterocycles. The quantitative estimate of drug-likeness (QED) is 0.0352. The highest BCUT2D eigenvalue weighted by atomic mass is 15.1. The van der Waals surface area contributed by atoms with E-state index in [1.165, 1.54) is 343 Å². The van der Waals surface area contributed by atoms with Crippen LogP contribution >= 0.6 is 0 Å². The van der Waals surface area contributed by atoms with Crippen LogP contribution in [0.3, 0.4) is 0 Å². The van der Waals surface area contributed by atoms with Crippen LogP contribution in [0.4, 0.5) is 34.1 Å². The fourth-order valence-corrected chi connectivity index (χ4v) is 22.3. The van der Waals surface area contributed by atoms with Crippen molar-refractivity contribution in [2.75, 3.05) is 9.80 Å². The van der Waals surface area contributed by atoms with Crippen LogP contribution in [-0.4, -0.2) is 0 Å². The van der Waals surface area contributed by atoms with E-state index in [2.05, 4.69) is 380 Å². The van der Waals surface area contributed by atoms with Crippen molar-refractivity contribution in [3.63, 3.8) is 0 Å². The van der Waals surface area contributed by atoms with Crippen molar-refractivity contribution in [2.45, 2.75) is 257 Å². The van der Waals surface area contributed by atoms with Gasteiger partial charge in [0.15, 0.2) is 0 Å². The Morgan fingerprint density at radius 2 is 0.373 bits per heavy atom. The third-order valence-corrected chi connectivity index (χ3v) is 29.2. The molecule has 17 rings (SSSR count). The number of fused-ring (bicyclic) bond motifs is 9. The maximum atomic E-state index is 2.62. The van der Waals surface area contributed by atoms with E-state index in [4.69, 9.17) is 0 Å². The standard InChI is InChI=1S/C124H134N2/c1-8-14-20-33-81-122(82-34-21-15-9-2)116-43-31-29-41-110(116)114-79-75-108(89-120(114)122)125(104-39-27-26-28-40-104)105-69-61-97(62-70-105)94-49-51-95(52-50-94)98-63-71-106(72-64-98)126(109-76-80-115-111-42-30-32-44-117(111)123(121(115)90-109,83-35-22-16-10-3)84-36-23-17-11-4)107-73-65-99(66-74-107)96-55-59-101(60-56-96)103-68-78-113-112-77-67-102(100-57-53-93(54-58-100)92-47-45-91(7)46-48-92)87-118(112)124(119(113)88-103,85-37-24-18-12-5)86-38-25-19-13-6/h26-32,39-80,87-90H,8-25,33-38,81-86H2,1-7H3. The normalized spacial score (nSPS) is 13.4. The molecular weight excluding hydrogens is 1520 g/mol. The van der Waals surface area contributed by atoms with E-state index in [0.29, 0.717) is 0 Å². The summed E-state index contributed by atoms with van der Waals surface area (Å²) >= 11 is 0. The Balaban J connectivity index is 0.671. The lowest BCUT2D eigenvalue weighted by molar-refractivity contribution is 0.401. The molecule has 126 heavy (non-hydrogen) atoms. The van der Waals surface area contributed by atoms with Crippen molar-refractivity contribution < 1.29 is 0 Å². The van der Waals surface area contributed by atoms with Crippen LogP contribution in [0.5, 0.6) is 0 Å². The molecule has 14 aromatic carbocycles. The predicted octanol–water partition coefficient (Wildman–Crippen LogP) is 37.6. The molecule has 3 aliphatic rings. The third kappa shape index (κ3) is 18.1. The van der Waals surface area contributed by atoms with Crippen LogP contribution < -0.4 is 9.80 Å². The molecule has 640 valence electrons. The maximum absolute atomic E-state index is 2.62. The van der Waals surface area contributed by atoms with Gasteiger partial charge in [-0.25, -0.2) is 0 Å². The first-order valence-electron chi connectivity index (χ1n) is 49.2. The molecule has 2 nitrogen and oxygen atoms in total. The van der Waals surface area contributed by atoms with Gasteiger partial charge < -0.3 is 9.80 Å². The van der Waals surface area contributed by atoms with E-state index in [0.717, 1.165) is 17.1 Å². The first kappa shape index (κ1) is 86.8. The summed E-state index contributed by atoms with van der Waals surface area (Å²) in [6, 6.07) is 125. The zero-order chi connectivity index (χ0) is 86.2. The number of rotatable bonds is 42. The molecule has 0 unspecified atom stereocenters. The molecule has 0 amide bonds. The van der Waals surface area contributed by atoms with Crippen LogP contribution in [-0.2, 0) is 16.2 Å². The van der Waals surface area contributed by atoms with Crippen molar-refractivity contribution in [3.8, 4) is 100 Å². The number of benzene rings is 14. The molecule has 14 aromatic rings. The average molecular weight is 1650 g/mol. The van der Waals surface area contributed by atoms with Crippen LogP contribution in [0, 0.1) is 6.92 Å². The van der Waals surface area contributed by atoms with Crippen molar-refractivity contribution >= 4 is 34.1 Å². The molecule has 0 bridgehead atoms. The highest BCUT2D eigenvalue weighted by molar-refractivity contribution is 5.91. The first-order chi connectivity index (χ1) is 62.1. The number of unbranched alkanes of at least 4 members (excludes halogenated alkanes) is 18. The lowest BCUT2D eigenvalue weighted by Crippen LogP contribution is -2.26. The Kier molecular flexibility index (Phi) is 27.9. The largest absolute Gasteiger partial charge is 0.310 e. The lowest BCUT2D eigenvalue weighted by Gasteiger charge is -2.34. The summed E-state index contributed by atoms with van der Waals surface area (Å²) < 4.78 is 0. The van der Waals surface area contributed by atoms with Crippen molar-refractivity contribution in [1.29, 1.82) is 0 Å². The number of aryl methyl sites for hydroxylation is 1. The summed E-state index contributed by atoms with van der Waals surface area (Å²) in [5.41, 5.74) is 40.9. The van der Waals surface area contributed by atoms with Crippen LogP contribution in [0.2, 0.25) is 0 Å². The Morgan fingerprint density at radius 1 is 0.167 bits per heavy atom. The smallest absolute Gasteiger partial charge is 0.0465 e. The molecule has 0 saturated carbocycles. The van der Waals surface area contributed by atoms with E-state index in [1.807, 2.05) is 0 Å². The van der Waals surface area contributed by atoms with Gasteiger partial charge >= 0.3 is 0 Å². The number of para-hydroxylation sites is 1. The molecule has 0 aliphatic heterocycles.